The molecule has 4 rings (SSSR count). The lowest BCUT2D eigenvalue weighted by atomic mass is 10.0. The number of hydrogen-bond donors (Lipinski definition) is 2. The minimum absolute atomic E-state index is 0.0390. The van der Waals surface area contributed by atoms with Crippen LogP contribution < -0.4 is 5.32 Å². The molecule has 0 spiro atoms. The van der Waals surface area contributed by atoms with E-state index in [0.717, 1.165) is 36.6 Å². The molecular formula is C18H21ClN2O3. The van der Waals surface area contributed by atoms with Gasteiger partial charge in [-0.05, 0) is 18.9 Å². The van der Waals surface area contributed by atoms with Crippen LogP contribution in [0.15, 0.2) is 30.5 Å². The van der Waals surface area contributed by atoms with Crippen LogP contribution in [-0.2, 0) is 4.74 Å². The molecule has 0 radical (unpaired) electrons. The van der Waals surface area contributed by atoms with Gasteiger partial charge in [0, 0.05) is 23.6 Å². The monoisotopic (exact) mass is 348 g/mol. The van der Waals surface area contributed by atoms with Crippen LogP contribution in [0, 0.1) is 0 Å². The molecule has 1 aliphatic carbocycles. The number of carbonyl (C=O) groups excluding carboxylic acids is 1. The molecule has 1 saturated heterocycles. The summed E-state index contributed by atoms with van der Waals surface area (Å²) in [5.41, 5.74) is 0.469. The molecule has 24 heavy (non-hydrogen) atoms. The van der Waals surface area contributed by atoms with Gasteiger partial charge in [0.2, 0.25) is 0 Å². The summed E-state index contributed by atoms with van der Waals surface area (Å²) in [4.78, 5) is 12.7. The minimum Gasteiger partial charge on any atom is -0.388 e. The Hall–Kier alpha value is -1.56. The fourth-order valence-corrected chi connectivity index (χ4v) is 3.94. The number of aromatic nitrogens is 1. The molecule has 1 aromatic heterocycles. The van der Waals surface area contributed by atoms with Gasteiger partial charge >= 0.3 is 0 Å². The molecule has 2 heterocycles. The SMILES string of the molecule is O=C(NCC1(O)CCCC1)c1cn(C2COC2Cl)c2ccccc12. The first-order chi connectivity index (χ1) is 11.6. The van der Waals surface area contributed by atoms with Crippen LogP contribution in [0.2, 0.25) is 0 Å². The van der Waals surface area contributed by atoms with E-state index >= 15 is 0 Å². The van der Waals surface area contributed by atoms with E-state index in [1.54, 1.807) is 0 Å². The maximum absolute atomic E-state index is 12.7. The summed E-state index contributed by atoms with van der Waals surface area (Å²) in [6.45, 7) is 0.851. The van der Waals surface area contributed by atoms with Crippen molar-refractivity contribution in [1.82, 2.24) is 9.88 Å². The largest absolute Gasteiger partial charge is 0.388 e. The second-order valence-corrected chi connectivity index (χ2v) is 7.26. The number of para-hydroxylation sites is 1. The molecule has 128 valence electrons. The zero-order valence-corrected chi connectivity index (χ0v) is 14.1. The van der Waals surface area contributed by atoms with E-state index in [-0.39, 0.29) is 17.5 Å². The molecule has 5 nitrogen and oxygen atoms in total. The second kappa shape index (κ2) is 6.06. The summed E-state index contributed by atoms with van der Waals surface area (Å²) >= 11 is 6.13. The van der Waals surface area contributed by atoms with E-state index in [9.17, 15) is 9.90 Å². The Morgan fingerprint density at radius 1 is 1.38 bits per heavy atom. The van der Waals surface area contributed by atoms with Crippen LogP contribution in [0.5, 0.6) is 0 Å². The van der Waals surface area contributed by atoms with E-state index in [1.165, 1.54) is 0 Å². The Balaban J connectivity index is 1.60. The van der Waals surface area contributed by atoms with Crippen molar-refractivity contribution in [3.8, 4) is 0 Å². The first-order valence-electron chi connectivity index (χ1n) is 8.43. The number of nitrogens with zero attached hydrogens (tertiary/aromatic N) is 1. The third kappa shape index (κ3) is 2.70. The number of fused-ring (bicyclic) bond motifs is 1. The van der Waals surface area contributed by atoms with E-state index in [4.69, 9.17) is 16.3 Å². The second-order valence-electron chi connectivity index (χ2n) is 6.83. The van der Waals surface area contributed by atoms with Gasteiger partial charge in [0.15, 0.2) is 5.56 Å². The van der Waals surface area contributed by atoms with Gasteiger partial charge in [0.25, 0.3) is 5.91 Å². The lowest BCUT2D eigenvalue weighted by Crippen LogP contribution is -2.40. The Bertz CT molecular complexity index is 767. The lowest BCUT2D eigenvalue weighted by Gasteiger charge is -2.33. The summed E-state index contributed by atoms with van der Waals surface area (Å²) in [5, 5.41) is 14.2. The average molecular weight is 349 g/mol. The van der Waals surface area contributed by atoms with Crippen LogP contribution in [0.4, 0.5) is 0 Å². The van der Waals surface area contributed by atoms with Gasteiger partial charge in [0.05, 0.1) is 23.8 Å². The van der Waals surface area contributed by atoms with Crippen LogP contribution in [0.1, 0.15) is 42.1 Å². The Morgan fingerprint density at radius 3 is 2.79 bits per heavy atom. The smallest absolute Gasteiger partial charge is 0.253 e. The number of carbonyl (C=O) groups is 1. The zero-order valence-electron chi connectivity index (χ0n) is 13.4. The number of amides is 1. The third-order valence-corrected chi connectivity index (χ3v) is 5.60. The minimum atomic E-state index is -0.753. The molecule has 6 heteroatoms. The number of halogens is 1. The first kappa shape index (κ1) is 15.9. The highest BCUT2D eigenvalue weighted by Gasteiger charge is 2.34. The van der Waals surface area contributed by atoms with Crippen LogP contribution in [0.25, 0.3) is 10.9 Å². The number of aliphatic hydroxyl groups is 1. The number of alkyl halides is 1. The van der Waals surface area contributed by atoms with Crippen molar-refractivity contribution in [3.05, 3.63) is 36.0 Å². The molecule has 2 unspecified atom stereocenters. The average Bonchev–Trinajstić information content (AvgIpc) is 3.17. The van der Waals surface area contributed by atoms with Crippen molar-refractivity contribution in [2.45, 2.75) is 42.9 Å². The topological polar surface area (TPSA) is 63.5 Å². The summed E-state index contributed by atoms with van der Waals surface area (Å²) in [7, 11) is 0. The highest BCUT2D eigenvalue weighted by Crippen LogP contribution is 2.34. The number of ether oxygens (including phenoxy) is 1. The fraction of sp³-hybridized carbons (Fsp3) is 0.500. The van der Waals surface area contributed by atoms with Crippen LogP contribution in [0.3, 0.4) is 0 Å². The van der Waals surface area contributed by atoms with Crippen molar-refractivity contribution in [2.75, 3.05) is 13.2 Å². The predicted molar refractivity (Wildman–Crippen MR) is 92.3 cm³/mol. The normalized spacial score (nSPS) is 25.6. The number of rotatable bonds is 4. The van der Waals surface area contributed by atoms with Gasteiger partial charge in [0.1, 0.15) is 0 Å². The van der Waals surface area contributed by atoms with E-state index in [2.05, 4.69) is 5.32 Å². The van der Waals surface area contributed by atoms with E-state index in [0.29, 0.717) is 18.7 Å². The molecule has 2 N–H and O–H groups in total. The van der Waals surface area contributed by atoms with Gasteiger partial charge in [-0.15, -0.1) is 0 Å². The lowest BCUT2D eigenvalue weighted by molar-refractivity contribution is -0.0523. The number of hydrogen-bond acceptors (Lipinski definition) is 3. The highest BCUT2D eigenvalue weighted by molar-refractivity contribution is 6.20. The zero-order chi connectivity index (χ0) is 16.7. The molecule has 1 aromatic carbocycles. The summed E-state index contributed by atoms with van der Waals surface area (Å²) in [6, 6.07) is 7.83. The number of benzene rings is 1. The molecule has 1 amide bonds. The van der Waals surface area contributed by atoms with Gasteiger partial charge in [-0.2, -0.15) is 0 Å². The Kier molecular flexibility index (Phi) is 4.03. The number of nitrogens with one attached hydrogen (secondary N) is 1. The van der Waals surface area contributed by atoms with Gasteiger partial charge in [-0.3, -0.25) is 4.79 Å². The summed E-state index contributed by atoms with van der Waals surface area (Å²) in [6.07, 6.45) is 5.39. The molecule has 2 atom stereocenters. The molecule has 1 saturated carbocycles. The van der Waals surface area contributed by atoms with Crippen molar-refractivity contribution < 1.29 is 14.6 Å². The Labute approximate surface area is 145 Å². The maximum atomic E-state index is 12.7. The quantitative estimate of drug-likeness (QED) is 0.835. The summed E-state index contributed by atoms with van der Waals surface area (Å²) in [5.74, 6) is -0.156. The maximum Gasteiger partial charge on any atom is 0.253 e. The highest BCUT2D eigenvalue weighted by atomic mass is 35.5. The first-order valence-corrected chi connectivity index (χ1v) is 8.87. The van der Waals surface area contributed by atoms with Crippen molar-refractivity contribution >= 4 is 28.4 Å². The Morgan fingerprint density at radius 2 is 2.12 bits per heavy atom. The van der Waals surface area contributed by atoms with Crippen LogP contribution >= 0.6 is 11.6 Å². The molecule has 2 aromatic rings. The molecular weight excluding hydrogens is 328 g/mol. The van der Waals surface area contributed by atoms with Crippen molar-refractivity contribution in [1.29, 1.82) is 0 Å². The third-order valence-electron chi connectivity index (χ3n) is 5.18. The van der Waals surface area contributed by atoms with Crippen LogP contribution in [-0.4, -0.2) is 39.9 Å². The molecule has 2 fully saturated rings. The summed E-state index contributed by atoms with van der Waals surface area (Å²) < 4.78 is 7.28. The standard InChI is InChI=1S/C18H21ClN2O3/c19-16-15(10-24-16)21-9-13(12-5-1-2-6-14(12)21)17(22)20-11-18(23)7-3-4-8-18/h1-2,5-6,9,15-16,23H,3-4,7-8,10-11H2,(H,20,22). The van der Waals surface area contributed by atoms with Crippen molar-refractivity contribution in [2.24, 2.45) is 0 Å². The predicted octanol–water partition coefficient (Wildman–Crippen LogP) is 2.81. The van der Waals surface area contributed by atoms with Gasteiger partial charge < -0.3 is 19.7 Å². The molecule has 1 aliphatic heterocycles. The van der Waals surface area contributed by atoms with Crippen molar-refractivity contribution in [3.63, 3.8) is 0 Å². The fourth-order valence-electron chi connectivity index (χ4n) is 3.67. The molecule has 0 bridgehead atoms. The van der Waals surface area contributed by atoms with Gasteiger partial charge in [-0.1, -0.05) is 42.6 Å². The van der Waals surface area contributed by atoms with Gasteiger partial charge in [-0.25, -0.2) is 0 Å². The van der Waals surface area contributed by atoms with E-state index in [1.807, 2.05) is 35.0 Å². The van der Waals surface area contributed by atoms with E-state index < -0.39 is 5.60 Å². The molecule has 2 aliphatic rings.